The second-order valence-corrected chi connectivity index (χ2v) is 5.04. The highest BCUT2D eigenvalue weighted by Crippen LogP contribution is 2.28. The Kier molecular flexibility index (Phi) is 3.94. The topological polar surface area (TPSA) is 26.5 Å². The first-order valence-electron chi connectivity index (χ1n) is 6.79. The standard InChI is InChI=1S/C16H12F4N2O/c1-9-6-22-7-10(15(19)20)5-14(16(22)21-9)23-8-11-12(17)3-2-4-13(11)18/h2-7,15H,8H2,1H3. The Morgan fingerprint density at radius 2 is 1.87 bits per heavy atom. The van der Waals surface area contributed by atoms with E-state index in [4.69, 9.17) is 4.74 Å². The van der Waals surface area contributed by atoms with Crippen LogP contribution in [0.4, 0.5) is 17.6 Å². The number of hydrogen-bond donors (Lipinski definition) is 0. The Bertz CT molecular complexity index is 840. The first kappa shape index (κ1) is 15.3. The van der Waals surface area contributed by atoms with Gasteiger partial charge in [0, 0.05) is 18.0 Å². The molecule has 120 valence electrons. The van der Waals surface area contributed by atoms with Crippen LogP contribution in [0.3, 0.4) is 0 Å². The lowest BCUT2D eigenvalue weighted by Gasteiger charge is -2.11. The summed E-state index contributed by atoms with van der Waals surface area (Å²) in [7, 11) is 0. The maximum atomic E-state index is 13.6. The number of ether oxygens (including phenoxy) is 1. The van der Waals surface area contributed by atoms with Crippen LogP contribution < -0.4 is 4.74 Å². The number of pyridine rings is 1. The van der Waals surface area contributed by atoms with Gasteiger partial charge in [0.1, 0.15) is 18.2 Å². The van der Waals surface area contributed by atoms with Crippen LogP contribution in [0.2, 0.25) is 0 Å². The monoisotopic (exact) mass is 324 g/mol. The van der Waals surface area contributed by atoms with E-state index in [0.717, 1.165) is 18.2 Å². The fourth-order valence-corrected chi connectivity index (χ4v) is 2.26. The molecule has 0 saturated heterocycles. The molecule has 3 aromatic rings. The van der Waals surface area contributed by atoms with Gasteiger partial charge >= 0.3 is 0 Å². The Morgan fingerprint density at radius 3 is 2.52 bits per heavy atom. The van der Waals surface area contributed by atoms with Crippen molar-refractivity contribution in [3.05, 3.63) is 65.1 Å². The second kappa shape index (κ2) is 5.91. The zero-order chi connectivity index (χ0) is 16.6. The predicted molar refractivity (Wildman–Crippen MR) is 75.6 cm³/mol. The number of halogens is 4. The molecule has 0 bridgehead atoms. The highest BCUT2D eigenvalue weighted by Gasteiger charge is 2.16. The van der Waals surface area contributed by atoms with Crippen LogP contribution in [0.1, 0.15) is 23.2 Å². The SMILES string of the molecule is Cc1cn2cc(C(F)F)cc(OCc3c(F)cccc3F)c2n1. The van der Waals surface area contributed by atoms with Gasteiger partial charge in [-0.2, -0.15) is 0 Å². The lowest BCUT2D eigenvalue weighted by atomic mass is 10.2. The highest BCUT2D eigenvalue weighted by atomic mass is 19.3. The van der Waals surface area contributed by atoms with Crippen LogP contribution >= 0.6 is 0 Å². The van der Waals surface area contributed by atoms with Crippen molar-refractivity contribution in [1.29, 1.82) is 0 Å². The Labute approximate surface area is 129 Å². The number of hydrogen-bond acceptors (Lipinski definition) is 2. The van der Waals surface area contributed by atoms with Gasteiger partial charge in [0.25, 0.3) is 6.43 Å². The minimum absolute atomic E-state index is 0.0403. The largest absolute Gasteiger partial charge is 0.485 e. The molecule has 3 rings (SSSR count). The van der Waals surface area contributed by atoms with Gasteiger partial charge in [0.2, 0.25) is 0 Å². The van der Waals surface area contributed by atoms with E-state index in [-0.39, 0.29) is 16.9 Å². The van der Waals surface area contributed by atoms with Gasteiger partial charge in [0.05, 0.1) is 11.3 Å². The van der Waals surface area contributed by atoms with E-state index in [1.165, 1.54) is 16.7 Å². The molecule has 0 aliphatic rings. The summed E-state index contributed by atoms with van der Waals surface area (Å²) in [4.78, 5) is 4.18. The molecule has 2 heterocycles. The third-order valence-corrected chi connectivity index (χ3v) is 3.34. The summed E-state index contributed by atoms with van der Waals surface area (Å²) in [5.74, 6) is -1.48. The molecule has 0 aliphatic carbocycles. The Hall–Kier alpha value is -2.57. The van der Waals surface area contributed by atoms with Crippen molar-refractivity contribution in [2.24, 2.45) is 0 Å². The van der Waals surface area contributed by atoms with Gasteiger partial charge < -0.3 is 9.14 Å². The average molecular weight is 324 g/mol. The van der Waals surface area contributed by atoms with Crippen LogP contribution in [0.15, 0.2) is 36.7 Å². The van der Waals surface area contributed by atoms with Gasteiger partial charge in [-0.3, -0.25) is 0 Å². The molecule has 7 heteroatoms. The summed E-state index contributed by atoms with van der Waals surface area (Å²) >= 11 is 0. The summed E-state index contributed by atoms with van der Waals surface area (Å²) in [5, 5.41) is 0. The van der Waals surface area contributed by atoms with Crippen molar-refractivity contribution in [2.45, 2.75) is 20.0 Å². The highest BCUT2D eigenvalue weighted by molar-refractivity contribution is 5.56. The predicted octanol–water partition coefficient (Wildman–Crippen LogP) is 4.44. The first-order valence-corrected chi connectivity index (χ1v) is 6.79. The summed E-state index contributed by atoms with van der Waals surface area (Å²) < 4.78 is 59.9. The van der Waals surface area contributed by atoms with Gasteiger partial charge in [-0.05, 0) is 25.1 Å². The number of alkyl halides is 2. The van der Waals surface area contributed by atoms with Gasteiger partial charge in [0.15, 0.2) is 11.4 Å². The zero-order valence-corrected chi connectivity index (χ0v) is 12.1. The van der Waals surface area contributed by atoms with Crippen LogP contribution in [0.25, 0.3) is 5.65 Å². The van der Waals surface area contributed by atoms with E-state index in [2.05, 4.69) is 4.98 Å². The van der Waals surface area contributed by atoms with E-state index in [9.17, 15) is 17.6 Å². The molecule has 0 N–H and O–H groups in total. The van der Waals surface area contributed by atoms with Crippen LogP contribution in [-0.2, 0) is 6.61 Å². The lowest BCUT2D eigenvalue weighted by molar-refractivity contribution is 0.150. The van der Waals surface area contributed by atoms with E-state index < -0.39 is 24.7 Å². The van der Waals surface area contributed by atoms with Crippen LogP contribution in [-0.4, -0.2) is 9.38 Å². The normalized spacial score (nSPS) is 11.4. The molecule has 2 aromatic heterocycles. The fraction of sp³-hybridized carbons (Fsp3) is 0.188. The first-order chi connectivity index (χ1) is 11.0. The van der Waals surface area contributed by atoms with E-state index in [0.29, 0.717) is 11.3 Å². The minimum Gasteiger partial charge on any atom is -0.485 e. The van der Waals surface area contributed by atoms with Crippen molar-refractivity contribution in [1.82, 2.24) is 9.38 Å². The number of imidazole rings is 1. The Balaban J connectivity index is 1.98. The summed E-state index contributed by atoms with van der Waals surface area (Å²) in [6.07, 6.45) is 0.114. The molecule has 0 spiro atoms. The molecule has 1 aromatic carbocycles. The molecule has 0 amide bonds. The van der Waals surface area contributed by atoms with Crippen molar-refractivity contribution in [3.63, 3.8) is 0 Å². The smallest absolute Gasteiger partial charge is 0.265 e. The summed E-state index contributed by atoms with van der Waals surface area (Å²) in [5.41, 5.74) is 0.386. The van der Waals surface area contributed by atoms with Crippen LogP contribution in [0.5, 0.6) is 5.75 Å². The molecule has 3 nitrogen and oxygen atoms in total. The third kappa shape index (κ3) is 2.99. The van der Waals surface area contributed by atoms with Crippen molar-refractivity contribution in [3.8, 4) is 5.75 Å². The number of benzene rings is 1. The zero-order valence-electron chi connectivity index (χ0n) is 12.1. The van der Waals surface area contributed by atoms with E-state index >= 15 is 0 Å². The van der Waals surface area contributed by atoms with Gasteiger partial charge in [-0.1, -0.05) is 6.07 Å². The van der Waals surface area contributed by atoms with Gasteiger partial charge in [-0.15, -0.1) is 0 Å². The van der Waals surface area contributed by atoms with Crippen molar-refractivity contribution < 1.29 is 22.3 Å². The maximum Gasteiger partial charge on any atom is 0.265 e. The van der Waals surface area contributed by atoms with Crippen LogP contribution in [0, 0.1) is 18.6 Å². The molecular weight excluding hydrogens is 312 g/mol. The van der Waals surface area contributed by atoms with Gasteiger partial charge in [-0.25, -0.2) is 22.5 Å². The van der Waals surface area contributed by atoms with Crippen molar-refractivity contribution in [2.75, 3.05) is 0 Å². The minimum atomic E-state index is -2.70. The van der Waals surface area contributed by atoms with E-state index in [1.54, 1.807) is 13.1 Å². The number of rotatable bonds is 4. The molecule has 0 unspecified atom stereocenters. The van der Waals surface area contributed by atoms with Crippen molar-refractivity contribution >= 4 is 5.65 Å². The third-order valence-electron chi connectivity index (χ3n) is 3.34. The molecule has 0 saturated carbocycles. The molecule has 0 atom stereocenters. The lowest BCUT2D eigenvalue weighted by Crippen LogP contribution is -2.04. The summed E-state index contributed by atoms with van der Waals surface area (Å²) in [6, 6.07) is 4.58. The average Bonchev–Trinajstić information content (AvgIpc) is 2.86. The molecular formula is C16H12F4N2O. The number of nitrogens with zero attached hydrogens (tertiary/aromatic N) is 2. The molecule has 0 aliphatic heterocycles. The molecule has 0 radical (unpaired) electrons. The summed E-state index contributed by atoms with van der Waals surface area (Å²) in [6.45, 7) is 1.28. The fourth-order valence-electron chi connectivity index (χ4n) is 2.26. The van der Waals surface area contributed by atoms with E-state index in [1.807, 2.05) is 0 Å². The quantitative estimate of drug-likeness (QED) is 0.663. The number of aromatic nitrogens is 2. The molecule has 0 fully saturated rings. The number of fused-ring (bicyclic) bond motifs is 1. The number of aryl methyl sites for hydroxylation is 1. The molecule has 23 heavy (non-hydrogen) atoms. The Morgan fingerprint density at radius 1 is 1.17 bits per heavy atom. The maximum absolute atomic E-state index is 13.6. The second-order valence-electron chi connectivity index (χ2n) is 5.04.